The topological polar surface area (TPSA) is 100 Å². The Morgan fingerprint density at radius 2 is 1.97 bits per heavy atom. The minimum Gasteiger partial charge on any atom is -0.490 e. The Hall–Kier alpha value is -3.96. The molecule has 1 fully saturated rings. The van der Waals surface area contributed by atoms with E-state index in [0.29, 0.717) is 36.5 Å². The summed E-state index contributed by atoms with van der Waals surface area (Å²) in [4.78, 5) is 21.8. The van der Waals surface area contributed by atoms with Gasteiger partial charge in [0.15, 0.2) is 0 Å². The molecule has 1 aliphatic heterocycles. The highest BCUT2D eigenvalue weighted by Gasteiger charge is 2.12. The van der Waals surface area contributed by atoms with Gasteiger partial charge in [-0.25, -0.2) is 9.97 Å². The van der Waals surface area contributed by atoms with Crippen molar-refractivity contribution in [2.24, 2.45) is 0 Å². The lowest BCUT2D eigenvalue weighted by Gasteiger charge is -2.28. The van der Waals surface area contributed by atoms with E-state index in [1.807, 2.05) is 12.1 Å². The van der Waals surface area contributed by atoms with Crippen molar-refractivity contribution in [2.45, 2.75) is 6.42 Å². The molecule has 1 saturated heterocycles. The molecule has 1 aliphatic rings. The number of morpholine rings is 1. The van der Waals surface area contributed by atoms with E-state index >= 15 is 0 Å². The van der Waals surface area contributed by atoms with Gasteiger partial charge in [0.2, 0.25) is 6.41 Å². The minimum atomic E-state index is 0.286. The molecule has 1 aromatic heterocycles. The highest BCUT2D eigenvalue weighted by Crippen LogP contribution is 2.25. The molecule has 1 N–H and O–H groups in total. The van der Waals surface area contributed by atoms with Crippen LogP contribution in [0, 0.1) is 11.3 Å². The number of amides is 1. The van der Waals surface area contributed by atoms with Crippen LogP contribution in [0.1, 0.15) is 17.0 Å². The van der Waals surface area contributed by atoms with Gasteiger partial charge in [-0.05, 0) is 42.0 Å². The van der Waals surface area contributed by atoms with Gasteiger partial charge in [0.1, 0.15) is 24.3 Å². The maximum atomic E-state index is 10.3. The fourth-order valence-electron chi connectivity index (χ4n) is 3.66. The molecular formula is C25H25N5O3. The van der Waals surface area contributed by atoms with Gasteiger partial charge in [-0.15, -0.1) is 0 Å². The van der Waals surface area contributed by atoms with E-state index in [2.05, 4.69) is 45.5 Å². The van der Waals surface area contributed by atoms with Gasteiger partial charge in [-0.1, -0.05) is 12.1 Å². The second-order valence-corrected chi connectivity index (χ2v) is 7.54. The van der Waals surface area contributed by atoms with E-state index in [4.69, 9.17) is 14.5 Å². The number of anilines is 1. The summed E-state index contributed by atoms with van der Waals surface area (Å²) in [5, 5.41) is 12.0. The molecule has 0 bridgehead atoms. The fraction of sp³-hybridized carbons (Fsp3) is 0.280. The molecule has 1 amide bonds. The summed E-state index contributed by atoms with van der Waals surface area (Å²) in [6.45, 7) is 4.01. The molecular weight excluding hydrogens is 418 g/mol. The van der Waals surface area contributed by atoms with Gasteiger partial charge in [-0.3, -0.25) is 4.79 Å². The molecule has 8 heteroatoms. The predicted molar refractivity (Wildman–Crippen MR) is 124 cm³/mol. The molecule has 3 aromatic rings. The molecule has 0 aliphatic carbocycles. The van der Waals surface area contributed by atoms with Gasteiger partial charge in [0.25, 0.3) is 0 Å². The van der Waals surface area contributed by atoms with Crippen LogP contribution < -0.4 is 15.0 Å². The Labute approximate surface area is 192 Å². The van der Waals surface area contributed by atoms with Gasteiger partial charge < -0.3 is 19.7 Å². The number of hydrogen-bond donors (Lipinski definition) is 1. The summed E-state index contributed by atoms with van der Waals surface area (Å²) in [5.41, 5.74) is 4.31. The minimum absolute atomic E-state index is 0.286. The van der Waals surface area contributed by atoms with Crippen molar-refractivity contribution in [2.75, 3.05) is 44.4 Å². The summed E-state index contributed by atoms with van der Waals surface area (Å²) in [5.74, 6) is 1.19. The largest absolute Gasteiger partial charge is 0.490 e. The van der Waals surface area contributed by atoms with Crippen LogP contribution >= 0.6 is 0 Å². The average Bonchev–Trinajstić information content (AvgIpc) is 2.88. The standard InChI is InChI=1S/C25H25N5O3/c26-17-21-16-20(3-6-24(21)33-12-9-27-18-31)23-7-8-28-25(29-23)15-19-1-4-22(5-2-19)30-10-13-32-14-11-30/h1-8,16,18H,9-15H2,(H,27,31). The smallest absolute Gasteiger partial charge is 0.207 e. The zero-order valence-electron chi connectivity index (χ0n) is 18.2. The molecule has 0 atom stereocenters. The summed E-state index contributed by atoms with van der Waals surface area (Å²) in [7, 11) is 0. The summed E-state index contributed by atoms with van der Waals surface area (Å²) >= 11 is 0. The van der Waals surface area contributed by atoms with Crippen LogP contribution in [-0.4, -0.2) is 55.8 Å². The second-order valence-electron chi connectivity index (χ2n) is 7.54. The van der Waals surface area contributed by atoms with Crippen molar-refractivity contribution in [3.8, 4) is 23.1 Å². The summed E-state index contributed by atoms with van der Waals surface area (Å²) < 4.78 is 11.0. The molecule has 0 saturated carbocycles. The lowest BCUT2D eigenvalue weighted by molar-refractivity contribution is -0.109. The van der Waals surface area contributed by atoms with Crippen LogP contribution in [0.15, 0.2) is 54.7 Å². The number of carbonyl (C=O) groups is 1. The Balaban J connectivity index is 1.45. The highest BCUT2D eigenvalue weighted by molar-refractivity contribution is 5.64. The number of carbonyl (C=O) groups excluding carboxylic acids is 1. The van der Waals surface area contributed by atoms with E-state index in [-0.39, 0.29) is 6.61 Å². The Morgan fingerprint density at radius 1 is 1.15 bits per heavy atom. The quantitative estimate of drug-likeness (QED) is 0.401. The number of nitrogens with one attached hydrogen (secondary N) is 1. The van der Waals surface area contributed by atoms with E-state index in [1.165, 1.54) is 5.69 Å². The van der Waals surface area contributed by atoms with Crippen LogP contribution in [0.4, 0.5) is 5.69 Å². The van der Waals surface area contributed by atoms with Gasteiger partial charge >= 0.3 is 0 Å². The normalized spacial score (nSPS) is 13.2. The van der Waals surface area contributed by atoms with Crippen molar-refractivity contribution < 1.29 is 14.3 Å². The Kier molecular flexibility index (Phi) is 7.46. The van der Waals surface area contributed by atoms with E-state index < -0.39 is 0 Å². The molecule has 0 radical (unpaired) electrons. The van der Waals surface area contributed by atoms with Crippen LogP contribution in [0.3, 0.4) is 0 Å². The first-order valence-corrected chi connectivity index (χ1v) is 10.8. The maximum absolute atomic E-state index is 10.3. The molecule has 33 heavy (non-hydrogen) atoms. The third-order valence-electron chi connectivity index (χ3n) is 5.36. The first kappa shape index (κ1) is 22.2. The number of benzene rings is 2. The van der Waals surface area contributed by atoms with E-state index in [9.17, 15) is 10.1 Å². The summed E-state index contributed by atoms with van der Waals surface area (Å²) in [6.07, 6.45) is 2.97. The van der Waals surface area contributed by atoms with Crippen LogP contribution in [0.5, 0.6) is 5.75 Å². The molecule has 0 spiro atoms. The van der Waals surface area contributed by atoms with Crippen molar-refractivity contribution in [3.63, 3.8) is 0 Å². The zero-order valence-corrected chi connectivity index (χ0v) is 18.2. The third-order valence-corrected chi connectivity index (χ3v) is 5.36. The molecule has 2 heterocycles. The lowest BCUT2D eigenvalue weighted by atomic mass is 10.1. The van der Waals surface area contributed by atoms with E-state index in [1.54, 1.807) is 18.3 Å². The first-order chi connectivity index (χ1) is 16.3. The molecule has 4 rings (SSSR count). The number of nitrogens with zero attached hydrogens (tertiary/aromatic N) is 4. The fourth-order valence-corrected chi connectivity index (χ4v) is 3.66. The van der Waals surface area contributed by atoms with Gasteiger partial charge in [-0.2, -0.15) is 5.26 Å². The second kappa shape index (κ2) is 11.1. The van der Waals surface area contributed by atoms with E-state index in [0.717, 1.165) is 43.1 Å². The van der Waals surface area contributed by atoms with Crippen molar-refractivity contribution >= 4 is 12.1 Å². The van der Waals surface area contributed by atoms with Crippen molar-refractivity contribution in [3.05, 3.63) is 71.7 Å². The molecule has 8 nitrogen and oxygen atoms in total. The van der Waals surface area contributed by atoms with Crippen molar-refractivity contribution in [1.82, 2.24) is 15.3 Å². The Morgan fingerprint density at radius 3 is 2.73 bits per heavy atom. The average molecular weight is 444 g/mol. The SMILES string of the molecule is N#Cc1cc(-c2ccnc(Cc3ccc(N4CCOCC4)cc3)n2)ccc1OCCNC=O. The number of ether oxygens (including phenoxy) is 2. The van der Waals surface area contributed by atoms with Crippen LogP contribution in [-0.2, 0) is 16.0 Å². The monoisotopic (exact) mass is 443 g/mol. The molecule has 2 aromatic carbocycles. The number of aromatic nitrogens is 2. The third kappa shape index (κ3) is 5.84. The molecule has 168 valence electrons. The number of nitriles is 1. The Bertz CT molecular complexity index is 1120. The zero-order chi connectivity index (χ0) is 22.9. The van der Waals surface area contributed by atoms with Crippen molar-refractivity contribution in [1.29, 1.82) is 5.26 Å². The van der Waals surface area contributed by atoms with Crippen LogP contribution in [0.25, 0.3) is 11.3 Å². The van der Waals surface area contributed by atoms with Crippen LogP contribution in [0.2, 0.25) is 0 Å². The first-order valence-electron chi connectivity index (χ1n) is 10.8. The number of hydrogen-bond acceptors (Lipinski definition) is 7. The van der Waals surface area contributed by atoms with Gasteiger partial charge in [0.05, 0.1) is 31.0 Å². The summed E-state index contributed by atoms with van der Waals surface area (Å²) in [6, 6.07) is 17.9. The molecule has 0 unspecified atom stereocenters. The predicted octanol–water partition coefficient (Wildman–Crippen LogP) is 2.57. The number of rotatable bonds is 9. The lowest BCUT2D eigenvalue weighted by Crippen LogP contribution is -2.36. The highest BCUT2D eigenvalue weighted by atomic mass is 16.5. The maximum Gasteiger partial charge on any atom is 0.207 e. The van der Waals surface area contributed by atoms with Gasteiger partial charge in [0, 0.05) is 37.0 Å².